The van der Waals surface area contributed by atoms with Gasteiger partial charge in [0.05, 0.1) is 11.3 Å². The van der Waals surface area contributed by atoms with Crippen LogP contribution < -0.4 is 9.47 Å². The van der Waals surface area contributed by atoms with Crippen LogP contribution in [-0.2, 0) is 0 Å². The molecule has 2 aromatic rings. The molecule has 100 valence electrons. The van der Waals surface area contributed by atoms with Gasteiger partial charge in [-0.2, -0.15) is 0 Å². The summed E-state index contributed by atoms with van der Waals surface area (Å²) < 4.78 is 10.5. The van der Waals surface area contributed by atoms with Gasteiger partial charge in [0.2, 0.25) is 6.79 Å². The van der Waals surface area contributed by atoms with Gasteiger partial charge in [0.1, 0.15) is 0 Å². The molecule has 1 aliphatic rings. The molecular weight excluding hydrogens is 258 g/mol. The quantitative estimate of drug-likeness (QED) is 0.870. The summed E-state index contributed by atoms with van der Waals surface area (Å²) in [6.45, 7) is 0.243. The van der Waals surface area contributed by atoms with E-state index in [4.69, 9.17) is 14.6 Å². The van der Waals surface area contributed by atoms with E-state index in [9.17, 15) is 4.79 Å². The van der Waals surface area contributed by atoms with E-state index in [1.807, 2.05) is 18.2 Å². The van der Waals surface area contributed by atoms with Gasteiger partial charge < -0.3 is 14.6 Å². The number of fused-ring (bicyclic) bond motifs is 1. The molecule has 0 saturated carbocycles. The zero-order chi connectivity index (χ0) is 13.9. The number of carboxylic acids is 1. The van der Waals surface area contributed by atoms with E-state index in [-0.39, 0.29) is 12.4 Å². The Labute approximate surface area is 115 Å². The topological polar surface area (TPSA) is 68.1 Å². The minimum absolute atomic E-state index is 0.243. The van der Waals surface area contributed by atoms with E-state index in [0.29, 0.717) is 11.4 Å². The standard InChI is InChI=1S/C15H11NO4/c17-15(18)11-2-4-12(5-3-11)16-8-10-1-6-13-14(7-10)20-9-19-13/h1-8H,9H2,(H,17,18). The molecule has 0 fully saturated rings. The molecular formula is C15H11NO4. The van der Waals surface area contributed by atoms with E-state index >= 15 is 0 Å². The van der Waals surface area contributed by atoms with E-state index in [0.717, 1.165) is 11.3 Å². The maximum absolute atomic E-state index is 10.7. The second kappa shape index (κ2) is 5.05. The van der Waals surface area contributed by atoms with Gasteiger partial charge in [-0.1, -0.05) is 0 Å². The number of benzene rings is 2. The third-order valence-electron chi connectivity index (χ3n) is 2.87. The molecule has 0 aliphatic carbocycles. The van der Waals surface area contributed by atoms with Gasteiger partial charge in [0, 0.05) is 6.21 Å². The van der Waals surface area contributed by atoms with E-state index in [1.54, 1.807) is 18.3 Å². The minimum atomic E-state index is -0.948. The van der Waals surface area contributed by atoms with E-state index < -0.39 is 5.97 Å². The number of carboxylic acid groups (broad SMARTS) is 1. The van der Waals surface area contributed by atoms with Crippen LogP contribution in [0.2, 0.25) is 0 Å². The Bertz CT molecular complexity index is 677. The second-order valence-electron chi connectivity index (χ2n) is 4.22. The molecule has 0 amide bonds. The molecule has 0 spiro atoms. The van der Waals surface area contributed by atoms with Crippen molar-refractivity contribution in [2.45, 2.75) is 0 Å². The maximum atomic E-state index is 10.7. The van der Waals surface area contributed by atoms with E-state index in [2.05, 4.69) is 4.99 Å². The third kappa shape index (κ3) is 2.47. The van der Waals surface area contributed by atoms with Crippen molar-refractivity contribution in [3.05, 3.63) is 53.6 Å². The van der Waals surface area contributed by atoms with E-state index in [1.165, 1.54) is 12.1 Å². The largest absolute Gasteiger partial charge is 0.478 e. The molecule has 5 nitrogen and oxygen atoms in total. The number of rotatable bonds is 3. The summed E-state index contributed by atoms with van der Waals surface area (Å²) >= 11 is 0. The maximum Gasteiger partial charge on any atom is 0.335 e. The van der Waals surface area contributed by atoms with Crippen molar-refractivity contribution in [2.24, 2.45) is 4.99 Å². The molecule has 0 unspecified atom stereocenters. The summed E-state index contributed by atoms with van der Waals surface area (Å²) in [5.41, 5.74) is 1.82. The highest BCUT2D eigenvalue weighted by Gasteiger charge is 2.12. The van der Waals surface area contributed by atoms with Crippen LogP contribution in [0, 0.1) is 0 Å². The molecule has 5 heteroatoms. The number of aromatic carboxylic acids is 1. The lowest BCUT2D eigenvalue weighted by atomic mass is 10.2. The molecule has 1 aliphatic heterocycles. The number of ether oxygens (including phenoxy) is 2. The van der Waals surface area contributed by atoms with Gasteiger partial charge in [-0.05, 0) is 48.0 Å². The Balaban J connectivity index is 1.78. The monoisotopic (exact) mass is 269 g/mol. The molecule has 0 aromatic heterocycles. The average Bonchev–Trinajstić information content (AvgIpc) is 2.93. The lowest BCUT2D eigenvalue weighted by Gasteiger charge is -1.98. The van der Waals surface area contributed by atoms with Gasteiger partial charge in [-0.15, -0.1) is 0 Å². The first kappa shape index (κ1) is 12.2. The lowest BCUT2D eigenvalue weighted by Crippen LogP contribution is -1.94. The fourth-order valence-electron chi connectivity index (χ4n) is 1.83. The SMILES string of the molecule is O=C(O)c1ccc(N=Cc2ccc3c(c2)OCO3)cc1. The van der Waals surface area contributed by atoms with Crippen LogP contribution in [0.25, 0.3) is 0 Å². The van der Waals surface area contributed by atoms with Crippen LogP contribution in [0.3, 0.4) is 0 Å². The van der Waals surface area contributed by atoms with Crippen LogP contribution in [0.4, 0.5) is 5.69 Å². The Morgan fingerprint density at radius 3 is 2.60 bits per heavy atom. The summed E-state index contributed by atoms with van der Waals surface area (Å²) in [5, 5.41) is 8.81. The highest BCUT2D eigenvalue weighted by Crippen LogP contribution is 2.32. The number of hydrogen-bond acceptors (Lipinski definition) is 4. The number of carbonyl (C=O) groups is 1. The Hall–Kier alpha value is -2.82. The molecule has 2 aromatic carbocycles. The Morgan fingerprint density at radius 2 is 1.85 bits per heavy atom. The molecule has 0 saturated heterocycles. The third-order valence-corrected chi connectivity index (χ3v) is 2.87. The predicted molar refractivity (Wildman–Crippen MR) is 73.2 cm³/mol. The number of aliphatic imine (C=N–C) groups is 1. The number of hydrogen-bond donors (Lipinski definition) is 1. The summed E-state index contributed by atoms with van der Waals surface area (Å²) in [6, 6.07) is 11.9. The Morgan fingerprint density at radius 1 is 1.10 bits per heavy atom. The van der Waals surface area contributed by atoms with Crippen LogP contribution >= 0.6 is 0 Å². The Kier molecular flexibility index (Phi) is 3.09. The zero-order valence-electron chi connectivity index (χ0n) is 10.4. The highest BCUT2D eigenvalue weighted by molar-refractivity contribution is 5.88. The summed E-state index contributed by atoms with van der Waals surface area (Å²) in [5.74, 6) is 0.486. The van der Waals surface area contributed by atoms with Crippen LogP contribution in [0.1, 0.15) is 15.9 Å². The van der Waals surface area contributed by atoms with Gasteiger partial charge in [-0.3, -0.25) is 4.99 Å². The van der Waals surface area contributed by atoms with Gasteiger partial charge in [0.15, 0.2) is 11.5 Å². The summed E-state index contributed by atoms with van der Waals surface area (Å²) in [4.78, 5) is 15.0. The molecule has 0 radical (unpaired) electrons. The molecule has 1 N–H and O–H groups in total. The van der Waals surface area contributed by atoms with Gasteiger partial charge in [-0.25, -0.2) is 4.79 Å². The molecule has 20 heavy (non-hydrogen) atoms. The van der Waals surface area contributed by atoms with Gasteiger partial charge >= 0.3 is 5.97 Å². The lowest BCUT2D eigenvalue weighted by molar-refractivity contribution is 0.0697. The van der Waals surface area contributed by atoms with Crippen LogP contribution in [0.5, 0.6) is 11.5 Å². The first-order chi connectivity index (χ1) is 9.72. The molecule has 3 rings (SSSR count). The van der Waals surface area contributed by atoms with Crippen molar-refractivity contribution in [3.63, 3.8) is 0 Å². The van der Waals surface area contributed by atoms with Crippen molar-refractivity contribution in [1.29, 1.82) is 0 Å². The fraction of sp³-hybridized carbons (Fsp3) is 0.0667. The molecule has 0 atom stereocenters. The normalized spacial score (nSPS) is 12.8. The van der Waals surface area contributed by atoms with Crippen molar-refractivity contribution < 1.29 is 19.4 Å². The highest BCUT2D eigenvalue weighted by atomic mass is 16.7. The first-order valence-corrected chi connectivity index (χ1v) is 5.99. The second-order valence-corrected chi connectivity index (χ2v) is 4.22. The van der Waals surface area contributed by atoms with Crippen molar-refractivity contribution in [1.82, 2.24) is 0 Å². The van der Waals surface area contributed by atoms with Crippen molar-refractivity contribution in [3.8, 4) is 11.5 Å². The minimum Gasteiger partial charge on any atom is -0.478 e. The zero-order valence-corrected chi connectivity index (χ0v) is 10.4. The number of nitrogens with zero attached hydrogens (tertiary/aromatic N) is 1. The van der Waals surface area contributed by atoms with Crippen molar-refractivity contribution in [2.75, 3.05) is 6.79 Å². The van der Waals surface area contributed by atoms with Gasteiger partial charge in [0.25, 0.3) is 0 Å². The van der Waals surface area contributed by atoms with Crippen molar-refractivity contribution >= 4 is 17.9 Å². The predicted octanol–water partition coefficient (Wildman–Crippen LogP) is 2.86. The first-order valence-electron chi connectivity index (χ1n) is 5.99. The van der Waals surface area contributed by atoms with Crippen LogP contribution in [0.15, 0.2) is 47.5 Å². The van der Waals surface area contributed by atoms with Crippen LogP contribution in [-0.4, -0.2) is 24.1 Å². The molecule has 0 bridgehead atoms. The summed E-state index contributed by atoms with van der Waals surface area (Å²) in [7, 11) is 0. The molecule has 1 heterocycles. The summed E-state index contributed by atoms with van der Waals surface area (Å²) in [6.07, 6.45) is 1.69. The smallest absolute Gasteiger partial charge is 0.335 e. The fourth-order valence-corrected chi connectivity index (χ4v) is 1.83. The average molecular weight is 269 g/mol.